The second kappa shape index (κ2) is 4.44. The van der Waals surface area contributed by atoms with E-state index >= 15 is 0 Å². The lowest BCUT2D eigenvalue weighted by molar-refractivity contribution is 0.726. The molecule has 16 heavy (non-hydrogen) atoms. The van der Waals surface area contributed by atoms with E-state index < -0.39 is 0 Å². The molecule has 0 fully saturated rings. The summed E-state index contributed by atoms with van der Waals surface area (Å²) in [4.78, 5) is 4.65. The molecule has 0 amide bonds. The van der Waals surface area contributed by atoms with Crippen LogP contribution in [0.1, 0.15) is 11.4 Å². The molecule has 0 aliphatic rings. The number of nitrogens with zero attached hydrogens (tertiary/aromatic N) is 2. The molecule has 0 bridgehead atoms. The first-order chi connectivity index (χ1) is 7.63. The average Bonchev–Trinajstić information content (AvgIpc) is 2.54. The van der Waals surface area contributed by atoms with Gasteiger partial charge in [0.15, 0.2) is 0 Å². The van der Waals surface area contributed by atoms with Crippen LogP contribution in [0.2, 0.25) is 5.02 Å². The van der Waals surface area contributed by atoms with Crippen LogP contribution in [-0.4, -0.2) is 23.1 Å². The zero-order valence-corrected chi connectivity index (χ0v) is 10.6. The summed E-state index contributed by atoms with van der Waals surface area (Å²) in [5.41, 5.74) is 3.29. The molecular formula is C12H16ClN3. The summed E-state index contributed by atoms with van der Waals surface area (Å²) in [5.74, 6) is 1.09. The second-order valence-corrected chi connectivity index (χ2v) is 4.47. The molecule has 0 atom stereocenters. The van der Waals surface area contributed by atoms with Crippen LogP contribution in [0.15, 0.2) is 12.1 Å². The minimum absolute atomic E-state index is 0.771. The van der Waals surface area contributed by atoms with E-state index in [2.05, 4.69) is 14.9 Å². The molecular weight excluding hydrogens is 222 g/mol. The number of rotatable bonds is 3. The maximum absolute atomic E-state index is 6.06. The second-order valence-electron chi connectivity index (χ2n) is 4.03. The normalized spacial score (nSPS) is 11.2. The molecule has 0 radical (unpaired) electrons. The highest BCUT2D eigenvalue weighted by molar-refractivity contribution is 6.31. The van der Waals surface area contributed by atoms with Gasteiger partial charge in [-0.1, -0.05) is 11.6 Å². The first-order valence-electron chi connectivity index (χ1n) is 5.39. The number of aromatic nitrogens is 2. The number of benzene rings is 1. The molecule has 0 spiro atoms. The van der Waals surface area contributed by atoms with Gasteiger partial charge in [-0.05, 0) is 31.7 Å². The number of hydrogen-bond acceptors (Lipinski definition) is 2. The van der Waals surface area contributed by atoms with Gasteiger partial charge in [-0.2, -0.15) is 0 Å². The van der Waals surface area contributed by atoms with Crippen LogP contribution < -0.4 is 5.32 Å². The van der Waals surface area contributed by atoms with Crippen molar-refractivity contribution in [2.75, 3.05) is 13.6 Å². The van der Waals surface area contributed by atoms with Crippen molar-refractivity contribution >= 4 is 22.6 Å². The Hall–Kier alpha value is -1.06. The molecule has 1 aromatic heterocycles. The van der Waals surface area contributed by atoms with Gasteiger partial charge in [0, 0.05) is 25.0 Å². The average molecular weight is 238 g/mol. The van der Waals surface area contributed by atoms with E-state index in [-0.39, 0.29) is 0 Å². The van der Waals surface area contributed by atoms with Crippen LogP contribution in [0.4, 0.5) is 0 Å². The highest BCUT2D eigenvalue weighted by Crippen LogP contribution is 2.23. The van der Waals surface area contributed by atoms with Crippen molar-refractivity contribution in [2.45, 2.75) is 13.3 Å². The predicted octanol–water partition coefficient (Wildman–Crippen LogP) is 2.30. The fraction of sp³-hybridized carbons (Fsp3) is 0.417. The van der Waals surface area contributed by atoms with E-state index in [0.29, 0.717) is 0 Å². The predicted molar refractivity (Wildman–Crippen MR) is 68.1 cm³/mol. The fourth-order valence-electron chi connectivity index (χ4n) is 1.92. The summed E-state index contributed by atoms with van der Waals surface area (Å²) in [5, 5.41) is 3.91. The number of hydrogen-bond donors (Lipinski definition) is 1. The number of nitrogens with one attached hydrogen (secondary N) is 1. The van der Waals surface area contributed by atoms with Crippen molar-refractivity contribution in [3.8, 4) is 0 Å². The maximum atomic E-state index is 6.06. The molecule has 0 aliphatic heterocycles. The largest absolute Gasteiger partial charge is 0.331 e. The molecule has 1 heterocycles. The number of fused-ring (bicyclic) bond motifs is 1. The highest BCUT2D eigenvalue weighted by Gasteiger charge is 2.09. The number of likely N-dealkylation sites (N-methyl/N-ethyl adjacent to an activating group) is 1. The molecule has 86 valence electrons. The van der Waals surface area contributed by atoms with Crippen molar-refractivity contribution < 1.29 is 0 Å². The minimum Gasteiger partial charge on any atom is -0.331 e. The summed E-state index contributed by atoms with van der Waals surface area (Å²) in [7, 11) is 3.99. The summed E-state index contributed by atoms with van der Waals surface area (Å²) in [6.45, 7) is 2.98. The molecule has 4 heteroatoms. The standard InChI is InChI=1S/C12H16ClN3/c1-8-6-9(13)7-10-12(8)15-11(16(10)3)4-5-14-2/h6-7,14H,4-5H2,1-3H3. The quantitative estimate of drug-likeness (QED) is 0.888. The SMILES string of the molecule is CNCCc1nc2c(C)cc(Cl)cc2n1C. The Labute approximate surface area is 100 Å². The molecule has 2 rings (SSSR count). The number of imidazole rings is 1. The van der Waals surface area contributed by atoms with Crippen molar-refractivity contribution in [1.82, 2.24) is 14.9 Å². The van der Waals surface area contributed by atoms with Gasteiger partial charge in [-0.25, -0.2) is 4.98 Å². The van der Waals surface area contributed by atoms with Crippen molar-refractivity contribution in [3.63, 3.8) is 0 Å². The maximum Gasteiger partial charge on any atom is 0.110 e. The van der Waals surface area contributed by atoms with Gasteiger partial charge in [0.25, 0.3) is 0 Å². The van der Waals surface area contributed by atoms with Gasteiger partial charge in [0.05, 0.1) is 11.0 Å². The Kier molecular flexibility index (Phi) is 3.17. The summed E-state index contributed by atoms with van der Waals surface area (Å²) >= 11 is 6.06. The van der Waals surface area contributed by atoms with Crippen molar-refractivity contribution in [2.24, 2.45) is 7.05 Å². The third-order valence-corrected chi connectivity index (χ3v) is 3.05. The van der Waals surface area contributed by atoms with Crippen molar-refractivity contribution in [1.29, 1.82) is 0 Å². The van der Waals surface area contributed by atoms with E-state index in [4.69, 9.17) is 11.6 Å². The van der Waals surface area contributed by atoms with Crippen LogP contribution in [0.3, 0.4) is 0 Å². The Balaban J connectivity index is 2.54. The van der Waals surface area contributed by atoms with Gasteiger partial charge in [0.1, 0.15) is 5.82 Å². The van der Waals surface area contributed by atoms with Crippen LogP contribution >= 0.6 is 11.6 Å². The Morgan fingerprint density at radius 3 is 2.88 bits per heavy atom. The van der Waals surface area contributed by atoms with Crippen LogP contribution in [0.25, 0.3) is 11.0 Å². The van der Waals surface area contributed by atoms with Gasteiger partial charge >= 0.3 is 0 Å². The van der Waals surface area contributed by atoms with E-state index in [1.807, 2.05) is 33.2 Å². The Morgan fingerprint density at radius 2 is 2.19 bits per heavy atom. The van der Waals surface area contributed by atoms with Crippen LogP contribution in [0.5, 0.6) is 0 Å². The summed E-state index contributed by atoms with van der Waals surface area (Å²) in [6, 6.07) is 3.93. The molecule has 0 saturated carbocycles. The summed E-state index contributed by atoms with van der Waals surface area (Å²) < 4.78 is 2.12. The lowest BCUT2D eigenvalue weighted by Crippen LogP contribution is -2.12. The van der Waals surface area contributed by atoms with E-state index in [0.717, 1.165) is 40.4 Å². The molecule has 0 unspecified atom stereocenters. The molecule has 2 aromatic rings. The monoisotopic (exact) mass is 237 g/mol. The van der Waals surface area contributed by atoms with E-state index in [9.17, 15) is 0 Å². The number of halogens is 1. The lowest BCUT2D eigenvalue weighted by atomic mass is 10.2. The van der Waals surface area contributed by atoms with E-state index in [1.165, 1.54) is 0 Å². The third-order valence-electron chi connectivity index (χ3n) is 2.83. The van der Waals surface area contributed by atoms with Gasteiger partial charge in [-0.15, -0.1) is 0 Å². The molecule has 0 saturated heterocycles. The molecule has 1 aromatic carbocycles. The van der Waals surface area contributed by atoms with Gasteiger partial charge < -0.3 is 9.88 Å². The summed E-state index contributed by atoms with van der Waals surface area (Å²) in [6.07, 6.45) is 0.929. The topological polar surface area (TPSA) is 29.9 Å². The first kappa shape index (κ1) is 11.4. The minimum atomic E-state index is 0.771. The highest BCUT2D eigenvalue weighted by atomic mass is 35.5. The number of aryl methyl sites for hydroxylation is 2. The van der Waals surface area contributed by atoms with Gasteiger partial charge in [-0.3, -0.25) is 0 Å². The molecule has 0 aliphatic carbocycles. The fourth-order valence-corrected chi connectivity index (χ4v) is 2.19. The Bertz CT molecular complexity index is 516. The zero-order chi connectivity index (χ0) is 11.7. The van der Waals surface area contributed by atoms with Gasteiger partial charge in [0.2, 0.25) is 0 Å². The first-order valence-corrected chi connectivity index (χ1v) is 5.77. The Morgan fingerprint density at radius 1 is 1.44 bits per heavy atom. The molecule has 1 N–H and O–H groups in total. The van der Waals surface area contributed by atoms with Crippen LogP contribution in [0, 0.1) is 6.92 Å². The lowest BCUT2D eigenvalue weighted by Gasteiger charge is -2.01. The van der Waals surface area contributed by atoms with Crippen molar-refractivity contribution in [3.05, 3.63) is 28.5 Å². The third kappa shape index (κ3) is 1.93. The zero-order valence-electron chi connectivity index (χ0n) is 9.84. The van der Waals surface area contributed by atoms with E-state index in [1.54, 1.807) is 0 Å². The smallest absolute Gasteiger partial charge is 0.110 e. The van der Waals surface area contributed by atoms with Crippen LogP contribution in [-0.2, 0) is 13.5 Å². The molecule has 3 nitrogen and oxygen atoms in total.